The van der Waals surface area contributed by atoms with Gasteiger partial charge in [-0.05, 0) is 50.3 Å². The number of likely N-dealkylation sites (tertiary alicyclic amines) is 1. The minimum absolute atomic E-state index is 0.181. The molecule has 0 unspecified atom stereocenters. The van der Waals surface area contributed by atoms with E-state index in [1.807, 2.05) is 12.1 Å². The van der Waals surface area contributed by atoms with Crippen LogP contribution in [-0.4, -0.2) is 53.8 Å². The summed E-state index contributed by atoms with van der Waals surface area (Å²) < 4.78 is 13.0. The predicted octanol–water partition coefficient (Wildman–Crippen LogP) is 2.65. The molecule has 0 aromatic heterocycles. The van der Waals surface area contributed by atoms with Crippen LogP contribution in [0.1, 0.15) is 51.0 Å². The van der Waals surface area contributed by atoms with E-state index in [-0.39, 0.29) is 5.82 Å². The van der Waals surface area contributed by atoms with Gasteiger partial charge in [-0.1, -0.05) is 25.0 Å². The normalized spacial score (nSPS) is 21.4. The monoisotopic (exact) mass is 376 g/mol. The fourth-order valence-electron chi connectivity index (χ4n) is 4.01. The second kappa shape index (κ2) is 9.51. The zero-order chi connectivity index (χ0) is 19.1. The smallest absolute Gasteiger partial charge is 0.191 e. The maximum Gasteiger partial charge on any atom is 0.191 e. The maximum atomic E-state index is 13.0. The molecule has 1 saturated heterocycles. The van der Waals surface area contributed by atoms with Gasteiger partial charge < -0.3 is 15.7 Å². The number of aliphatic hydroxyl groups is 1. The third kappa shape index (κ3) is 6.18. The molecule has 0 spiro atoms. The van der Waals surface area contributed by atoms with E-state index in [0.29, 0.717) is 12.6 Å². The van der Waals surface area contributed by atoms with Crippen molar-refractivity contribution in [2.24, 2.45) is 4.99 Å². The van der Waals surface area contributed by atoms with Crippen LogP contribution in [0.3, 0.4) is 0 Å². The average molecular weight is 377 g/mol. The second-order valence-electron chi connectivity index (χ2n) is 7.95. The molecule has 1 aromatic carbocycles. The molecule has 1 aromatic rings. The Morgan fingerprint density at radius 1 is 1.22 bits per heavy atom. The van der Waals surface area contributed by atoms with Gasteiger partial charge in [-0.3, -0.25) is 9.89 Å². The van der Waals surface area contributed by atoms with Crippen LogP contribution >= 0.6 is 0 Å². The van der Waals surface area contributed by atoms with Gasteiger partial charge in [-0.15, -0.1) is 0 Å². The lowest BCUT2D eigenvalue weighted by Gasteiger charge is -2.33. The van der Waals surface area contributed by atoms with E-state index in [1.54, 1.807) is 0 Å². The highest BCUT2D eigenvalue weighted by atomic mass is 19.1. The van der Waals surface area contributed by atoms with Crippen LogP contribution in [0.4, 0.5) is 4.39 Å². The van der Waals surface area contributed by atoms with Gasteiger partial charge in [0.1, 0.15) is 5.82 Å². The van der Waals surface area contributed by atoms with E-state index in [9.17, 15) is 9.50 Å². The van der Waals surface area contributed by atoms with Crippen molar-refractivity contribution < 1.29 is 9.50 Å². The van der Waals surface area contributed by atoms with Crippen molar-refractivity contribution in [3.05, 3.63) is 35.6 Å². The number of benzene rings is 1. The van der Waals surface area contributed by atoms with Crippen LogP contribution in [0.5, 0.6) is 0 Å². The first-order valence-electron chi connectivity index (χ1n) is 10.3. The van der Waals surface area contributed by atoms with E-state index >= 15 is 0 Å². The predicted molar refractivity (Wildman–Crippen MR) is 107 cm³/mol. The summed E-state index contributed by atoms with van der Waals surface area (Å²) in [6, 6.07) is 7.18. The Kier molecular flexibility index (Phi) is 7.07. The molecule has 1 heterocycles. The lowest BCUT2D eigenvalue weighted by molar-refractivity contribution is 0.0573. The molecule has 6 heteroatoms. The van der Waals surface area contributed by atoms with Crippen molar-refractivity contribution in [1.29, 1.82) is 0 Å². The van der Waals surface area contributed by atoms with E-state index in [0.717, 1.165) is 76.2 Å². The molecule has 2 aliphatic rings. The third-order valence-corrected chi connectivity index (χ3v) is 5.66. The fourth-order valence-corrected chi connectivity index (χ4v) is 4.01. The van der Waals surface area contributed by atoms with Gasteiger partial charge in [0.05, 0.1) is 12.1 Å². The minimum Gasteiger partial charge on any atom is -0.388 e. The number of guanidine groups is 1. The number of hydrogen-bond donors (Lipinski definition) is 3. The molecule has 0 atom stereocenters. The number of nitrogens with one attached hydrogen (secondary N) is 2. The zero-order valence-corrected chi connectivity index (χ0v) is 16.4. The van der Waals surface area contributed by atoms with Crippen LogP contribution in [-0.2, 0) is 6.54 Å². The Morgan fingerprint density at radius 2 is 1.89 bits per heavy atom. The topological polar surface area (TPSA) is 59.9 Å². The highest BCUT2D eigenvalue weighted by Crippen LogP contribution is 2.29. The molecule has 3 rings (SSSR count). The van der Waals surface area contributed by atoms with Gasteiger partial charge in [0.2, 0.25) is 0 Å². The standard InChI is InChI=1S/C21H33FN4O/c1-2-23-20(24-16-21(27)11-3-4-12-21)25-19-9-13-26(14-10-19)15-17-5-7-18(22)8-6-17/h5-8,19,27H,2-4,9-16H2,1H3,(H2,23,24,25). The number of piperidine rings is 1. The fraction of sp³-hybridized carbons (Fsp3) is 0.667. The van der Waals surface area contributed by atoms with Crippen molar-refractivity contribution in [2.75, 3.05) is 26.2 Å². The Labute approximate surface area is 162 Å². The minimum atomic E-state index is -0.610. The van der Waals surface area contributed by atoms with Crippen LogP contribution < -0.4 is 10.6 Å². The largest absolute Gasteiger partial charge is 0.388 e. The second-order valence-corrected chi connectivity index (χ2v) is 7.95. The number of rotatable bonds is 6. The van der Waals surface area contributed by atoms with Crippen molar-refractivity contribution in [1.82, 2.24) is 15.5 Å². The van der Waals surface area contributed by atoms with Gasteiger partial charge in [0.15, 0.2) is 5.96 Å². The van der Waals surface area contributed by atoms with Crippen molar-refractivity contribution in [3.8, 4) is 0 Å². The van der Waals surface area contributed by atoms with E-state index < -0.39 is 5.60 Å². The van der Waals surface area contributed by atoms with Crippen LogP contribution in [0.15, 0.2) is 29.3 Å². The Balaban J connectivity index is 1.46. The van der Waals surface area contributed by atoms with Crippen LogP contribution in [0, 0.1) is 5.82 Å². The van der Waals surface area contributed by atoms with Gasteiger partial charge in [-0.2, -0.15) is 0 Å². The average Bonchev–Trinajstić information content (AvgIpc) is 3.10. The molecule has 27 heavy (non-hydrogen) atoms. The van der Waals surface area contributed by atoms with Crippen LogP contribution in [0.25, 0.3) is 0 Å². The Morgan fingerprint density at radius 3 is 2.52 bits per heavy atom. The van der Waals surface area contributed by atoms with Crippen molar-refractivity contribution in [2.45, 2.75) is 63.6 Å². The summed E-state index contributed by atoms with van der Waals surface area (Å²) in [6.45, 7) is 6.25. The summed E-state index contributed by atoms with van der Waals surface area (Å²) in [5.41, 5.74) is 0.545. The summed E-state index contributed by atoms with van der Waals surface area (Å²) in [4.78, 5) is 7.07. The molecule has 3 N–H and O–H groups in total. The van der Waals surface area contributed by atoms with Crippen molar-refractivity contribution in [3.63, 3.8) is 0 Å². The summed E-state index contributed by atoms with van der Waals surface area (Å²) in [5.74, 6) is 0.633. The summed E-state index contributed by atoms with van der Waals surface area (Å²) >= 11 is 0. The molecule has 2 fully saturated rings. The Hall–Kier alpha value is -1.66. The molecule has 1 aliphatic heterocycles. The lowest BCUT2D eigenvalue weighted by atomic mass is 10.0. The van der Waals surface area contributed by atoms with Gasteiger partial charge in [-0.25, -0.2) is 4.39 Å². The molecule has 150 valence electrons. The van der Waals surface area contributed by atoms with Crippen molar-refractivity contribution >= 4 is 5.96 Å². The van der Waals surface area contributed by atoms with Crippen LogP contribution in [0.2, 0.25) is 0 Å². The maximum absolute atomic E-state index is 13.0. The van der Waals surface area contributed by atoms with E-state index in [4.69, 9.17) is 0 Å². The van der Waals surface area contributed by atoms with Gasteiger partial charge >= 0.3 is 0 Å². The van der Waals surface area contributed by atoms with Gasteiger partial charge in [0, 0.05) is 32.2 Å². The van der Waals surface area contributed by atoms with E-state index in [1.165, 1.54) is 12.1 Å². The summed E-state index contributed by atoms with van der Waals surface area (Å²) in [5, 5.41) is 17.4. The number of halogens is 1. The molecule has 0 bridgehead atoms. The van der Waals surface area contributed by atoms with E-state index in [2.05, 4.69) is 27.4 Å². The molecule has 0 radical (unpaired) electrons. The third-order valence-electron chi connectivity index (χ3n) is 5.66. The first-order valence-corrected chi connectivity index (χ1v) is 10.3. The Bertz CT molecular complexity index is 605. The first kappa shape index (κ1) is 20.1. The summed E-state index contributed by atoms with van der Waals surface area (Å²) in [6.07, 6.45) is 6.02. The molecule has 1 aliphatic carbocycles. The molecular weight excluding hydrogens is 343 g/mol. The highest BCUT2D eigenvalue weighted by molar-refractivity contribution is 5.80. The lowest BCUT2D eigenvalue weighted by Crippen LogP contribution is -2.49. The molecule has 5 nitrogen and oxygen atoms in total. The molecule has 1 saturated carbocycles. The number of aliphatic imine (C=N–C) groups is 1. The quantitative estimate of drug-likeness (QED) is 0.528. The number of hydrogen-bond acceptors (Lipinski definition) is 3. The molecule has 0 amide bonds. The molecular formula is C21H33FN4O. The zero-order valence-electron chi connectivity index (χ0n) is 16.4. The first-order chi connectivity index (χ1) is 13.1. The highest BCUT2D eigenvalue weighted by Gasteiger charge is 2.31. The summed E-state index contributed by atoms with van der Waals surface area (Å²) in [7, 11) is 0. The van der Waals surface area contributed by atoms with Gasteiger partial charge in [0.25, 0.3) is 0 Å². The SMILES string of the molecule is CCNC(=NCC1(O)CCCC1)NC1CCN(Cc2ccc(F)cc2)CC1. The number of nitrogens with zero attached hydrogens (tertiary/aromatic N) is 2.